The van der Waals surface area contributed by atoms with Gasteiger partial charge in [-0.15, -0.1) is 0 Å². The van der Waals surface area contributed by atoms with Gasteiger partial charge in [-0.25, -0.2) is 4.39 Å². The second-order valence-electron chi connectivity index (χ2n) is 5.58. The predicted octanol–water partition coefficient (Wildman–Crippen LogP) is 3.71. The van der Waals surface area contributed by atoms with Gasteiger partial charge in [0, 0.05) is 30.9 Å². The Hall–Kier alpha value is -0.510. The summed E-state index contributed by atoms with van der Waals surface area (Å²) in [7, 11) is 0. The molecule has 104 valence electrons. The lowest BCUT2D eigenvalue weighted by Crippen LogP contribution is -2.56. The first-order valence-electron chi connectivity index (χ1n) is 6.71. The molecule has 0 aromatic heterocycles. The maximum atomic E-state index is 13.5. The Kier molecular flexibility index (Phi) is 3.63. The molecule has 3 rings (SSSR count). The quantitative estimate of drug-likeness (QED) is 0.838. The highest BCUT2D eigenvalue weighted by atomic mass is 35.5. The summed E-state index contributed by atoms with van der Waals surface area (Å²) in [5, 5.41) is 3.78. The van der Waals surface area contributed by atoms with Crippen LogP contribution in [0.5, 0.6) is 0 Å². The molecule has 0 bridgehead atoms. The van der Waals surface area contributed by atoms with Crippen LogP contribution in [0.15, 0.2) is 12.1 Å². The fraction of sp³-hybridized carbons (Fsp3) is 0.571. The highest BCUT2D eigenvalue weighted by Crippen LogP contribution is 2.36. The van der Waals surface area contributed by atoms with Crippen molar-refractivity contribution in [2.24, 2.45) is 5.92 Å². The van der Waals surface area contributed by atoms with Crippen LogP contribution in [0.1, 0.15) is 19.8 Å². The van der Waals surface area contributed by atoms with E-state index >= 15 is 0 Å². The molecule has 1 heterocycles. The second kappa shape index (κ2) is 5.12. The topological polar surface area (TPSA) is 15.3 Å². The SMILES string of the molecule is CC1CNC(C2CC2)CN1c1cc(Cl)c(F)c(Cl)c1. The van der Waals surface area contributed by atoms with E-state index in [0.29, 0.717) is 12.1 Å². The standard InChI is InChI=1S/C14H17Cl2FN2/c1-8-6-18-13(9-2-3-9)7-19(8)10-4-11(15)14(17)12(16)5-10/h4-5,8-9,13,18H,2-3,6-7H2,1H3. The van der Waals surface area contributed by atoms with Crippen LogP contribution in [0.25, 0.3) is 0 Å². The van der Waals surface area contributed by atoms with Crippen molar-refractivity contribution in [1.82, 2.24) is 5.32 Å². The zero-order chi connectivity index (χ0) is 13.6. The molecule has 19 heavy (non-hydrogen) atoms. The summed E-state index contributed by atoms with van der Waals surface area (Å²) < 4.78 is 13.5. The van der Waals surface area contributed by atoms with E-state index in [0.717, 1.165) is 24.7 Å². The molecule has 1 saturated carbocycles. The van der Waals surface area contributed by atoms with Crippen molar-refractivity contribution in [2.45, 2.75) is 31.8 Å². The number of hydrogen-bond donors (Lipinski definition) is 1. The van der Waals surface area contributed by atoms with Gasteiger partial charge in [-0.3, -0.25) is 0 Å². The molecule has 0 radical (unpaired) electrons. The van der Waals surface area contributed by atoms with Crippen molar-refractivity contribution in [3.05, 3.63) is 28.0 Å². The van der Waals surface area contributed by atoms with Gasteiger partial charge in [0.1, 0.15) is 0 Å². The van der Waals surface area contributed by atoms with Crippen molar-refractivity contribution in [1.29, 1.82) is 0 Å². The van der Waals surface area contributed by atoms with Crippen molar-refractivity contribution >= 4 is 28.9 Å². The van der Waals surface area contributed by atoms with Gasteiger partial charge in [-0.1, -0.05) is 23.2 Å². The van der Waals surface area contributed by atoms with Gasteiger partial charge in [-0.2, -0.15) is 0 Å². The average Bonchev–Trinajstić information content (AvgIpc) is 3.20. The molecule has 2 aliphatic rings. The van der Waals surface area contributed by atoms with Crippen LogP contribution in [0, 0.1) is 11.7 Å². The molecule has 1 aromatic carbocycles. The third kappa shape index (κ3) is 2.69. The molecule has 0 amide bonds. The summed E-state index contributed by atoms with van der Waals surface area (Å²) in [6, 6.07) is 4.23. The van der Waals surface area contributed by atoms with Crippen LogP contribution in [0.2, 0.25) is 10.0 Å². The largest absolute Gasteiger partial charge is 0.366 e. The van der Waals surface area contributed by atoms with Crippen molar-refractivity contribution in [3.8, 4) is 0 Å². The van der Waals surface area contributed by atoms with Gasteiger partial charge in [0.15, 0.2) is 5.82 Å². The predicted molar refractivity (Wildman–Crippen MR) is 77.7 cm³/mol. The first-order chi connectivity index (χ1) is 9.06. The average molecular weight is 303 g/mol. The Bertz CT molecular complexity index is 467. The van der Waals surface area contributed by atoms with Crippen molar-refractivity contribution < 1.29 is 4.39 Å². The van der Waals surface area contributed by atoms with E-state index in [4.69, 9.17) is 23.2 Å². The molecule has 2 unspecified atom stereocenters. The van der Waals surface area contributed by atoms with Crippen LogP contribution in [0.4, 0.5) is 10.1 Å². The zero-order valence-electron chi connectivity index (χ0n) is 10.8. The number of rotatable bonds is 2. The monoisotopic (exact) mass is 302 g/mol. The van der Waals surface area contributed by atoms with E-state index in [1.807, 2.05) is 0 Å². The highest BCUT2D eigenvalue weighted by Gasteiger charge is 2.36. The lowest BCUT2D eigenvalue weighted by molar-refractivity contribution is 0.376. The molecule has 1 aliphatic carbocycles. The Morgan fingerprint density at radius 1 is 1.26 bits per heavy atom. The molecule has 1 N–H and O–H groups in total. The summed E-state index contributed by atoms with van der Waals surface area (Å²) in [4.78, 5) is 2.27. The summed E-state index contributed by atoms with van der Waals surface area (Å²) in [6.45, 7) is 4.03. The van der Waals surface area contributed by atoms with Crippen LogP contribution < -0.4 is 10.2 Å². The molecule has 2 nitrogen and oxygen atoms in total. The van der Waals surface area contributed by atoms with Crippen molar-refractivity contribution in [3.63, 3.8) is 0 Å². The lowest BCUT2D eigenvalue weighted by atomic mass is 10.1. The minimum Gasteiger partial charge on any atom is -0.366 e. The molecule has 1 aliphatic heterocycles. The molecular weight excluding hydrogens is 286 g/mol. The maximum absolute atomic E-state index is 13.5. The van der Waals surface area contributed by atoms with Gasteiger partial charge < -0.3 is 10.2 Å². The Morgan fingerprint density at radius 2 is 1.89 bits per heavy atom. The zero-order valence-corrected chi connectivity index (χ0v) is 12.3. The molecule has 2 atom stereocenters. The first kappa shape index (κ1) is 13.5. The van der Waals surface area contributed by atoms with E-state index in [-0.39, 0.29) is 10.0 Å². The molecule has 1 aromatic rings. The van der Waals surface area contributed by atoms with Crippen LogP contribution in [-0.2, 0) is 0 Å². The Labute approximate surface area is 122 Å². The van der Waals surface area contributed by atoms with Gasteiger partial charge in [-0.05, 0) is 37.8 Å². The number of halogens is 3. The smallest absolute Gasteiger partial charge is 0.160 e. The molecule has 2 fully saturated rings. The number of benzene rings is 1. The number of nitrogens with zero attached hydrogens (tertiary/aromatic N) is 1. The van der Waals surface area contributed by atoms with E-state index in [2.05, 4.69) is 17.1 Å². The molecule has 0 spiro atoms. The minimum absolute atomic E-state index is 0.0937. The molecule has 5 heteroatoms. The molecular formula is C14H17Cl2FN2. The minimum atomic E-state index is -0.534. The maximum Gasteiger partial charge on any atom is 0.160 e. The van der Waals surface area contributed by atoms with Crippen molar-refractivity contribution in [2.75, 3.05) is 18.0 Å². The van der Waals surface area contributed by atoms with Gasteiger partial charge in [0.25, 0.3) is 0 Å². The van der Waals surface area contributed by atoms with E-state index in [1.54, 1.807) is 12.1 Å². The van der Waals surface area contributed by atoms with E-state index < -0.39 is 5.82 Å². The van der Waals surface area contributed by atoms with Crippen LogP contribution in [0.3, 0.4) is 0 Å². The third-order valence-corrected chi connectivity index (χ3v) is 4.64. The van der Waals surface area contributed by atoms with Crippen LogP contribution >= 0.6 is 23.2 Å². The second-order valence-corrected chi connectivity index (χ2v) is 6.39. The Morgan fingerprint density at radius 3 is 2.47 bits per heavy atom. The van der Waals surface area contributed by atoms with E-state index in [1.165, 1.54) is 12.8 Å². The van der Waals surface area contributed by atoms with Gasteiger partial charge >= 0.3 is 0 Å². The lowest BCUT2D eigenvalue weighted by Gasteiger charge is -2.40. The van der Waals surface area contributed by atoms with E-state index in [9.17, 15) is 4.39 Å². The number of anilines is 1. The normalized spacial score (nSPS) is 27.7. The first-order valence-corrected chi connectivity index (χ1v) is 7.46. The molecule has 1 saturated heterocycles. The van der Waals surface area contributed by atoms with Crippen LogP contribution in [-0.4, -0.2) is 25.2 Å². The summed E-state index contributed by atoms with van der Waals surface area (Å²) in [5.74, 6) is 0.259. The fourth-order valence-electron chi connectivity index (χ4n) is 2.77. The Balaban J connectivity index is 1.86. The third-order valence-electron chi connectivity index (χ3n) is 4.09. The summed E-state index contributed by atoms with van der Waals surface area (Å²) >= 11 is 11.8. The number of piperazine rings is 1. The number of hydrogen-bond acceptors (Lipinski definition) is 2. The van der Waals surface area contributed by atoms with Gasteiger partial charge in [0.05, 0.1) is 10.0 Å². The summed E-state index contributed by atoms with van der Waals surface area (Å²) in [6.07, 6.45) is 2.62. The number of nitrogens with one attached hydrogen (secondary N) is 1. The highest BCUT2D eigenvalue weighted by molar-refractivity contribution is 6.35. The van der Waals surface area contributed by atoms with Gasteiger partial charge in [0.2, 0.25) is 0 Å². The fourth-order valence-corrected chi connectivity index (χ4v) is 3.25. The summed E-state index contributed by atoms with van der Waals surface area (Å²) in [5.41, 5.74) is 0.913.